The molecule has 1 aromatic rings. The van der Waals surface area contributed by atoms with Gasteiger partial charge >= 0.3 is 6.09 Å². The number of rotatable bonds is 7. The molecule has 8 nitrogen and oxygen atoms in total. The third kappa shape index (κ3) is 6.62. The van der Waals surface area contributed by atoms with Crippen LogP contribution < -0.4 is 15.4 Å². The standard InChI is InChI=1S/C19H31N5O3/c1-4-20-18(22-14-15-8-7-11-21-17(15)26-5-2)23-16-9-12-24(13-10-16)19(25)27-6-3/h7-8,11,16H,4-6,9-10,12-14H2,1-3H3,(H2,20,22,23). The Bertz CT molecular complexity index is 615. The van der Waals surface area contributed by atoms with Crippen LogP contribution in [0.3, 0.4) is 0 Å². The van der Waals surface area contributed by atoms with Crippen molar-refractivity contribution < 1.29 is 14.3 Å². The van der Waals surface area contributed by atoms with Gasteiger partial charge in [-0.25, -0.2) is 14.8 Å². The summed E-state index contributed by atoms with van der Waals surface area (Å²) in [6.07, 6.45) is 3.22. The Kier molecular flexibility index (Phi) is 8.67. The van der Waals surface area contributed by atoms with Gasteiger partial charge < -0.3 is 25.0 Å². The number of aromatic nitrogens is 1. The first-order valence-corrected chi connectivity index (χ1v) is 9.71. The Morgan fingerprint density at radius 3 is 2.74 bits per heavy atom. The summed E-state index contributed by atoms with van der Waals surface area (Å²) in [6.45, 7) is 9.42. The van der Waals surface area contributed by atoms with E-state index in [2.05, 4.69) is 20.6 Å². The number of hydrogen-bond donors (Lipinski definition) is 2. The molecule has 0 unspecified atom stereocenters. The summed E-state index contributed by atoms with van der Waals surface area (Å²) >= 11 is 0. The summed E-state index contributed by atoms with van der Waals surface area (Å²) in [5, 5.41) is 6.75. The van der Waals surface area contributed by atoms with Gasteiger partial charge in [-0.15, -0.1) is 0 Å². The van der Waals surface area contributed by atoms with E-state index in [0.717, 1.165) is 30.9 Å². The van der Waals surface area contributed by atoms with E-state index in [1.54, 1.807) is 11.1 Å². The maximum atomic E-state index is 11.8. The average molecular weight is 377 g/mol. The number of nitrogens with one attached hydrogen (secondary N) is 2. The Balaban J connectivity index is 1.92. The van der Waals surface area contributed by atoms with E-state index in [4.69, 9.17) is 9.47 Å². The number of aliphatic imine (C=N–C) groups is 1. The fourth-order valence-electron chi connectivity index (χ4n) is 2.91. The summed E-state index contributed by atoms with van der Waals surface area (Å²) in [5.41, 5.74) is 0.952. The first kappa shape index (κ1) is 20.8. The SMILES string of the molecule is CCNC(=NCc1cccnc1OCC)NC1CCN(C(=O)OCC)CC1. The van der Waals surface area contributed by atoms with Gasteiger partial charge in [-0.1, -0.05) is 6.07 Å². The Labute approximate surface area is 161 Å². The summed E-state index contributed by atoms with van der Waals surface area (Å²) < 4.78 is 10.6. The highest BCUT2D eigenvalue weighted by Crippen LogP contribution is 2.15. The molecule has 8 heteroatoms. The molecule has 0 radical (unpaired) electrons. The minimum Gasteiger partial charge on any atom is -0.478 e. The molecule has 1 saturated heterocycles. The minimum absolute atomic E-state index is 0.225. The van der Waals surface area contributed by atoms with Gasteiger partial charge in [-0.2, -0.15) is 0 Å². The van der Waals surface area contributed by atoms with E-state index >= 15 is 0 Å². The number of guanidine groups is 1. The fourth-order valence-corrected chi connectivity index (χ4v) is 2.91. The van der Waals surface area contributed by atoms with Gasteiger partial charge in [0.2, 0.25) is 5.88 Å². The Hall–Kier alpha value is -2.51. The van der Waals surface area contributed by atoms with Crippen LogP contribution in [0.15, 0.2) is 23.3 Å². The van der Waals surface area contributed by atoms with Crippen molar-refractivity contribution >= 4 is 12.1 Å². The van der Waals surface area contributed by atoms with E-state index in [-0.39, 0.29) is 12.1 Å². The fraction of sp³-hybridized carbons (Fsp3) is 0.632. The second-order valence-electron chi connectivity index (χ2n) is 6.20. The third-order valence-corrected chi connectivity index (χ3v) is 4.24. The number of hydrogen-bond acceptors (Lipinski definition) is 5. The van der Waals surface area contributed by atoms with Gasteiger partial charge in [0.05, 0.1) is 19.8 Å². The van der Waals surface area contributed by atoms with Gasteiger partial charge in [0, 0.05) is 37.4 Å². The Morgan fingerprint density at radius 2 is 2.07 bits per heavy atom. The third-order valence-electron chi connectivity index (χ3n) is 4.24. The lowest BCUT2D eigenvalue weighted by Gasteiger charge is -2.32. The van der Waals surface area contributed by atoms with Gasteiger partial charge in [-0.05, 0) is 39.7 Å². The van der Waals surface area contributed by atoms with Crippen LogP contribution in [0.2, 0.25) is 0 Å². The van der Waals surface area contributed by atoms with E-state index in [9.17, 15) is 4.79 Å². The van der Waals surface area contributed by atoms with Crippen molar-refractivity contribution in [3.05, 3.63) is 23.9 Å². The molecule has 0 atom stereocenters. The van der Waals surface area contributed by atoms with Crippen LogP contribution in [-0.2, 0) is 11.3 Å². The molecule has 27 heavy (non-hydrogen) atoms. The quantitative estimate of drug-likeness (QED) is 0.559. The number of nitrogens with zero attached hydrogens (tertiary/aromatic N) is 3. The molecule has 1 amide bonds. The number of carbonyl (C=O) groups excluding carboxylic acids is 1. The molecule has 1 fully saturated rings. The number of likely N-dealkylation sites (tertiary alicyclic amines) is 1. The molecule has 2 heterocycles. The van der Waals surface area contributed by atoms with E-state index < -0.39 is 0 Å². The predicted molar refractivity (Wildman–Crippen MR) is 105 cm³/mol. The lowest BCUT2D eigenvalue weighted by molar-refractivity contribution is 0.0963. The average Bonchev–Trinajstić information content (AvgIpc) is 2.68. The lowest BCUT2D eigenvalue weighted by Crippen LogP contribution is -2.49. The zero-order valence-corrected chi connectivity index (χ0v) is 16.5. The zero-order chi connectivity index (χ0) is 19.5. The molecule has 1 aliphatic rings. The molecule has 0 spiro atoms. The highest BCUT2D eigenvalue weighted by molar-refractivity contribution is 5.80. The predicted octanol–water partition coefficient (Wildman–Crippen LogP) is 2.16. The molecule has 0 saturated carbocycles. The molecular weight excluding hydrogens is 346 g/mol. The van der Waals surface area contributed by atoms with Crippen LogP contribution in [-0.4, -0.2) is 60.8 Å². The van der Waals surface area contributed by atoms with Crippen LogP contribution in [0.1, 0.15) is 39.2 Å². The largest absolute Gasteiger partial charge is 0.478 e. The molecule has 1 aliphatic heterocycles. The second kappa shape index (κ2) is 11.3. The van der Waals surface area contributed by atoms with Crippen LogP contribution in [0.5, 0.6) is 5.88 Å². The number of piperidine rings is 1. The van der Waals surface area contributed by atoms with Gasteiger partial charge in [0.25, 0.3) is 0 Å². The van der Waals surface area contributed by atoms with Gasteiger partial charge in [0.1, 0.15) is 0 Å². The number of pyridine rings is 1. The van der Waals surface area contributed by atoms with Crippen molar-refractivity contribution in [3.8, 4) is 5.88 Å². The van der Waals surface area contributed by atoms with Crippen LogP contribution >= 0.6 is 0 Å². The Morgan fingerprint density at radius 1 is 1.30 bits per heavy atom. The lowest BCUT2D eigenvalue weighted by atomic mass is 10.1. The number of amides is 1. The van der Waals surface area contributed by atoms with E-state index in [1.807, 2.05) is 32.9 Å². The van der Waals surface area contributed by atoms with Gasteiger partial charge in [-0.3, -0.25) is 0 Å². The number of carbonyl (C=O) groups is 1. The van der Waals surface area contributed by atoms with Crippen LogP contribution in [0.4, 0.5) is 4.79 Å². The summed E-state index contributed by atoms with van der Waals surface area (Å²) in [4.78, 5) is 22.5. The highest BCUT2D eigenvalue weighted by Gasteiger charge is 2.24. The van der Waals surface area contributed by atoms with Crippen LogP contribution in [0, 0.1) is 0 Å². The molecular formula is C19H31N5O3. The number of ether oxygens (including phenoxy) is 2. The maximum Gasteiger partial charge on any atom is 0.409 e. The van der Waals surface area contributed by atoms with Gasteiger partial charge in [0.15, 0.2) is 5.96 Å². The highest BCUT2D eigenvalue weighted by atomic mass is 16.6. The molecule has 0 aromatic carbocycles. The molecule has 0 aliphatic carbocycles. The monoisotopic (exact) mass is 377 g/mol. The topological polar surface area (TPSA) is 88.1 Å². The zero-order valence-electron chi connectivity index (χ0n) is 16.5. The first-order valence-electron chi connectivity index (χ1n) is 9.71. The second-order valence-corrected chi connectivity index (χ2v) is 6.20. The molecule has 2 rings (SSSR count). The molecule has 1 aromatic heterocycles. The summed E-state index contributed by atoms with van der Waals surface area (Å²) in [7, 11) is 0. The van der Waals surface area contributed by atoms with Crippen molar-refractivity contribution in [1.82, 2.24) is 20.5 Å². The summed E-state index contributed by atoms with van der Waals surface area (Å²) in [5.74, 6) is 1.39. The molecule has 150 valence electrons. The van der Waals surface area contributed by atoms with E-state index in [0.29, 0.717) is 38.7 Å². The normalized spacial score (nSPS) is 15.4. The van der Waals surface area contributed by atoms with Crippen molar-refractivity contribution in [3.63, 3.8) is 0 Å². The van der Waals surface area contributed by atoms with Crippen LogP contribution in [0.25, 0.3) is 0 Å². The first-order chi connectivity index (χ1) is 13.2. The van der Waals surface area contributed by atoms with E-state index in [1.165, 1.54) is 0 Å². The van der Waals surface area contributed by atoms with Crippen molar-refractivity contribution in [2.45, 2.75) is 46.2 Å². The summed E-state index contributed by atoms with van der Waals surface area (Å²) in [6, 6.07) is 4.13. The van der Waals surface area contributed by atoms with Crippen molar-refractivity contribution in [2.24, 2.45) is 4.99 Å². The van der Waals surface area contributed by atoms with Crippen molar-refractivity contribution in [2.75, 3.05) is 32.8 Å². The molecule has 2 N–H and O–H groups in total. The smallest absolute Gasteiger partial charge is 0.409 e. The molecule has 0 bridgehead atoms. The minimum atomic E-state index is -0.225. The maximum absolute atomic E-state index is 11.8. The van der Waals surface area contributed by atoms with Crippen molar-refractivity contribution in [1.29, 1.82) is 0 Å².